The lowest BCUT2D eigenvalue weighted by atomic mass is 10.2. The van der Waals surface area contributed by atoms with Gasteiger partial charge in [0.05, 0.1) is 10.6 Å². The van der Waals surface area contributed by atoms with Crippen molar-refractivity contribution in [2.75, 3.05) is 5.32 Å². The molecule has 8 heteroatoms. The molecular formula is C22H17N5O3. The number of non-ortho nitro benzene ring substituents is 1. The average molecular weight is 399 g/mol. The van der Waals surface area contributed by atoms with E-state index in [0.29, 0.717) is 22.8 Å². The van der Waals surface area contributed by atoms with Crippen molar-refractivity contribution in [1.29, 1.82) is 0 Å². The molecule has 2 aromatic heterocycles. The van der Waals surface area contributed by atoms with E-state index in [0.717, 1.165) is 5.56 Å². The van der Waals surface area contributed by atoms with Crippen LogP contribution < -0.4 is 10.9 Å². The Kier molecular flexibility index (Phi) is 5.04. The third kappa shape index (κ3) is 3.79. The summed E-state index contributed by atoms with van der Waals surface area (Å²) in [5, 5.41) is 14.0. The highest BCUT2D eigenvalue weighted by molar-refractivity contribution is 5.89. The molecule has 4 rings (SSSR count). The van der Waals surface area contributed by atoms with Crippen LogP contribution in [0.15, 0.2) is 82.7 Å². The summed E-state index contributed by atoms with van der Waals surface area (Å²) in [5.41, 5.74) is 2.62. The van der Waals surface area contributed by atoms with Gasteiger partial charge in [-0.15, -0.1) is 0 Å². The van der Waals surface area contributed by atoms with Gasteiger partial charge in [-0.3, -0.25) is 24.3 Å². The fraction of sp³-hybridized carbons (Fsp3) is 0.0455. The normalized spacial score (nSPS) is 11.1. The minimum absolute atomic E-state index is 0.0196. The summed E-state index contributed by atoms with van der Waals surface area (Å²) >= 11 is 0. The van der Waals surface area contributed by atoms with E-state index in [9.17, 15) is 14.9 Å². The maximum Gasteiger partial charge on any atom is 0.269 e. The molecule has 0 atom stereocenters. The van der Waals surface area contributed by atoms with Crippen LogP contribution in [-0.4, -0.2) is 20.5 Å². The zero-order chi connectivity index (χ0) is 21.1. The summed E-state index contributed by atoms with van der Waals surface area (Å²) < 4.78 is 1.47. The smallest absolute Gasteiger partial charge is 0.269 e. The zero-order valence-electron chi connectivity index (χ0n) is 16.0. The molecule has 2 heterocycles. The van der Waals surface area contributed by atoms with Gasteiger partial charge in [-0.05, 0) is 42.8 Å². The Morgan fingerprint density at radius 3 is 2.50 bits per heavy atom. The number of para-hydroxylation sites is 1. The number of aryl methyl sites for hydroxylation is 1. The number of aliphatic imine (C=N–C) groups is 1. The Balaban J connectivity index is 1.83. The molecular weight excluding hydrogens is 382 g/mol. The summed E-state index contributed by atoms with van der Waals surface area (Å²) in [7, 11) is 0. The molecule has 8 nitrogen and oxygen atoms in total. The number of rotatable bonds is 5. The number of hydrogen-bond donors (Lipinski definition) is 1. The number of nitrogens with one attached hydrogen (secondary N) is 1. The maximum absolute atomic E-state index is 13.2. The predicted octanol–water partition coefficient (Wildman–Crippen LogP) is 4.41. The summed E-state index contributed by atoms with van der Waals surface area (Å²) in [6.45, 7) is 1.87. The minimum Gasteiger partial charge on any atom is -0.339 e. The van der Waals surface area contributed by atoms with Crippen molar-refractivity contribution in [1.82, 2.24) is 9.38 Å². The van der Waals surface area contributed by atoms with Crippen LogP contribution in [0.3, 0.4) is 0 Å². The lowest BCUT2D eigenvalue weighted by molar-refractivity contribution is -0.384. The van der Waals surface area contributed by atoms with Crippen LogP contribution >= 0.6 is 0 Å². The van der Waals surface area contributed by atoms with Crippen molar-refractivity contribution in [3.05, 3.63) is 105 Å². The number of nitrogens with zero attached hydrogens (tertiary/aromatic N) is 4. The van der Waals surface area contributed by atoms with Gasteiger partial charge in [0.1, 0.15) is 17.0 Å². The Morgan fingerprint density at radius 1 is 1.07 bits per heavy atom. The Labute approximate surface area is 171 Å². The van der Waals surface area contributed by atoms with Crippen molar-refractivity contribution in [3.8, 4) is 0 Å². The predicted molar refractivity (Wildman–Crippen MR) is 116 cm³/mol. The van der Waals surface area contributed by atoms with Crippen LogP contribution in [0.1, 0.15) is 11.1 Å². The van der Waals surface area contributed by atoms with Gasteiger partial charge < -0.3 is 5.32 Å². The van der Waals surface area contributed by atoms with Crippen LogP contribution in [-0.2, 0) is 0 Å². The van der Waals surface area contributed by atoms with E-state index in [4.69, 9.17) is 0 Å². The lowest BCUT2D eigenvalue weighted by Crippen LogP contribution is -2.22. The fourth-order valence-electron chi connectivity index (χ4n) is 2.98. The number of benzene rings is 2. The van der Waals surface area contributed by atoms with Gasteiger partial charge in [0.15, 0.2) is 0 Å². The number of nitro benzene ring substituents is 1. The molecule has 148 valence electrons. The van der Waals surface area contributed by atoms with Crippen LogP contribution in [0, 0.1) is 17.0 Å². The first-order valence-corrected chi connectivity index (χ1v) is 9.15. The van der Waals surface area contributed by atoms with Gasteiger partial charge in [0.2, 0.25) is 0 Å². The quantitative estimate of drug-likeness (QED) is 0.304. The average Bonchev–Trinajstić information content (AvgIpc) is 2.75. The van der Waals surface area contributed by atoms with Crippen molar-refractivity contribution in [3.63, 3.8) is 0 Å². The van der Waals surface area contributed by atoms with E-state index >= 15 is 0 Å². The minimum atomic E-state index is -0.467. The second-order valence-corrected chi connectivity index (χ2v) is 6.59. The number of pyridine rings is 1. The molecule has 2 aromatic carbocycles. The first kappa shape index (κ1) is 19.0. The van der Waals surface area contributed by atoms with E-state index < -0.39 is 4.92 Å². The third-order valence-corrected chi connectivity index (χ3v) is 4.52. The summed E-state index contributed by atoms with van der Waals surface area (Å²) in [6.07, 6.45) is 3.14. The summed E-state index contributed by atoms with van der Waals surface area (Å²) in [4.78, 5) is 32.6. The molecule has 0 aliphatic heterocycles. The van der Waals surface area contributed by atoms with Crippen molar-refractivity contribution < 1.29 is 4.92 Å². The van der Waals surface area contributed by atoms with Gasteiger partial charge in [-0.25, -0.2) is 4.98 Å². The van der Waals surface area contributed by atoms with Crippen LogP contribution in [0.4, 0.5) is 22.9 Å². The van der Waals surface area contributed by atoms with Gasteiger partial charge in [0, 0.05) is 30.2 Å². The van der Waals surface area contributed by atoms with E-state index in [1.807, 2.05) is 43.3 Å². The number of hydrogen-bond acceptors (Lipinski definition) is 6. The Hall–Kier alpha value is -4.33. The Bertz CT molecular complexity index is 1310. The lowest BCUT2D eigenvalue weighted by Gasteiger charge is -2.11. The van der Waals surface area contributed by atoms with Crippen molar-refractivity contribution >= 4 is 34.7 Å². The van der Waals surface area contributed by atoms with E-state index in [-0.39, 0.29) is 16.8 Å². The third-order valence-electron chi connectivity index (χ3n) is 4.52. The number of aromatic nitrogens is 2. The number of anilines is 2. The maximum atomic E-state index is 13.2. The SMILES string of the molecule is Cc1cccn2c(=O)c(C=Nc3ccccc3)c(Nc3ccc([N+](=O)[O-])cc3)nc12. The highest BCUT2D eigenvalue weighted by atomic mass is 16.6. The fourth-order valence-corrected chi connectivity index (χ4v) is 2.98. The molecule has 4 aromatic rings. The molecule has 0 aliphatic rings. The number of fused-ring (bicyclic) bond motifs is 1. The van der Waals surface area contributed by atoms with Gasteiger partial charge in [-0.1, -0.05) is 24.3 Å². The Morgan fingerprint density at radius 2 is 1.80 bits per heavy atom. The van der Waals surface area contributed by atoms with Crippen LogP contribution in [0.25, 0.3) is 5.65 Å². The first-order chi connectivity index (χ1) is 14.5. The molecule has 0 amide bonds. The van der Waals surface area contributed by atoms with Gasteiger partial charge in [-0.2, -0.15) is 0 Å². The highest BCUT2D eigenvalue weighted by Crippen LogP contribution is 2.21. The molecule has 0 saturated carbocycles. The molecule has 0 spiro atoms. The monoisotopic (exact) mass is 399 g/mol. The van der Waals surface area contributed by atoms with E-state index in [2.05, 4.69) is 15.3 Å². The zero-order valence-corrected chi connectivity index (χ0v) is 16.0. The molecule has 1 N–H and O–H groups in total. The van der Waals surface area contributed by atoms with Crippen molar-refractivity contribution in [2.24, 2.45) is 4.99 Å². The largest absolute Gasteiger partial charge is 0.339 e. The molecule has 0 radical (unpaired) electrons. The van der Waals surface area contributed by atoms with E-state index in [1.165, 1.54) is 22.7 Å². The van der Waals surface area contributed by atoms with Gasteiger partial charge in [0.25, 0.3) is 11.2 Å². The highest BCUT2D eigenvalue weighted by Gasteiger charge is 2.13. The first-order valence-electron chi connectivity index (χ1n) is 9.15. The summed E-state index contributed by atoms with van der Waals surface area (Å²) in [6, 6.07) is 18.8. The molecule has 0 unspecified atom stereocenters. The summed E-state index contributed by atoms with van der Waals surface area (Å²) in [5.74, 6) is 0.322. The molecule has 0 bridgehead atoms. The van der Waals surface area contributed by atoms with Gasteiger partial charge >= 0.3 is 0 Å². The second kappa shape index (κ2) is 7.96. The standard InChI is InChI=1S/C22H17N5O3/c1-15-6-5-13-26-21(15)25-20(24-17-9-11-18(12-10-17)27(29)30)19(22(26)28)14-23-16-7-3-2-4-8-16/h2-14,24H,1H3. The molecule has 30 heavy (non-hydrogen) atoms. The van der Waals surface area contributed by atoms with Crippen LogP contribution in [0.2, 0.25) is 0 Å². The molecule has 0 fully saturated rings. The second-order valence-electron chi connectivity index (χ2n) is 6.59. The van der Waals surface area contributed by atoms with E-state index in [1.54, 1.807) is 24.4 Å². The topological polar surface area (TPSA) is 102 Å². The molecule has 0 aliphatic carbocycles. The molecule has 0 saturated heterocycles. The van der Waals surface area contributed by atoms with Crippen molar-refractivity contribution in [2.45, 2.75) is 6.92 Å². The number of nitro groups is 1. The van der Waals surface area contributed by atoms with Crippen LogP contribution in [0.5, 0.6) is 0 Å².